The first-order valence-corrected chi connectivity index (χ1v) is 10.8. The van der Waals surface area contributed by atoms with Crippen molar-refractivity contribution in [3.63, 3.8) is 0 Å². The molecular formula is C24H31N3O5. The molecule has 0 spiro atoms. The van der Waals surface area contributed by atoms with Gasteiger partial charge >= 0.3 is 11.8 Å². The van der Waals surface area contributed by atoms with E-state index in [0.717, 1.165) is 32.5 Å². The highest BCUT2D eigenvalue weighted by molar-refractivity contribution is 6.39. The number of carbonyl (C=O) groups excluding carboxylic acids is 2. The molecule has 32 heavy (non-hydrogen) atoms. The van der Waals surface area contributed by atoms with Crippen molar-refractivity contribution in [3.05, 3.63) is 54.1 Å². The molecule has 0 aliphatic carbocycles. The summed E-state index contributed by atoms with van der Waals surface area (Å²) in [6.07, 6.45) is 1.82. The van der Waals surface area contributed by atoms with Crippen LogP contribution in [0.25, 0.3) is 0 Å². The van der Waals surface area contributed by atoms with Crippen LogP contribution < -0.4 is 20.1 Å². The molecule has 3 rings (SSSR count). The van der Waals surface area contributed by atoms with E-state index in [4.69, 9.17) is 14.2 Å². The normalized spacial score (nSPS) is 16.2. The molecule has 1 aliphatic heterocycles. The van der Waals surface area contributed by atoms with Gasteiger partial charge in [-0.2, -0.15) is 0 Å². The average molecular weight is 442 g/mol. The molecule has 172 valence electrons. The van der Waals surface area contributed by atoms with Gasteiger partial charge in [0.25, 0.3) is 0 Å². The fourth-order valence-electron chi connectivity index (χ4n) is 3.60. The van der Waals surface area contributed by atoms with Gasteiger partial charge in [0.05, 0.1) is 32.6 Å². The zero-order chi connectivity index (χ0) is 22.8. The Labute approximate surface area is 188 Å². The minimum Gasteiger partial charge on any atom is -0.497 e. The van der Waals surface area contributed by atoms with Crippen LogP contribution in [0.2, 0.25) is 0 Å². The summed E-state index contributed by atoms with van der Waals surface area (Å²) in [6.45, 7) is 3.85. The molecule has 1 unspecified atom stereocenters. The lowest BCUT2D eigenvalue weighted by Gasteiger charge is -2.33. The summed E-state index contributed by atoms with van der Waals surface area (Å²) in [7, 11) is 3.03. The fraction of sp³-hybridized carbons (Fsp3) is 0.417. The molecule has 1 saturated heterocycles. The topological polar surface area (TPSA) is 89.1 Å². The van der Waals surface area contributed by atoms with Crippen LogP contribution in [0.5, 0.6) is 11.5 Å². The van der Waals surface area contributed by atoms with E-state index in [2.05, 4.69) is 27.7 Å². The van der Waals surface area contributed by atoms with Gasteiger partial charge in [0.2, 0.25) is 0 Å². The number of rotatable bonds is 9. The number of ether oxygens (including phenoxy) is 3. The van der Waals surface area contributed by atoms with Crippen molar-refractivity contribution in [1.82, 2.24) is 10.2 Å². The van der Waals surface area contributed by atoms with E-state index in [1.165, 1.54) is 12.7 Å². The van der Waals surface area contributed by atoms with E-state index < -0.39 is 11.8 Å². The first-order valence-electron chi connectivity index (χ1n) is 10.8. The number of nitrogens with one attached hydrogen (secondary N) is 2. The molecule has 0 radical (unpaired) electrons. The Morgan fingerprint density at radius 2 is 1.88 bits per heavy atom. The second-order valence-electron chi connectivity index (χ2n) is 7.55. The van der Waals surface area contributed by atoms with Gasteiger partial charge in [0.1, 0.15) is 11.5 Å². The predicted molar refractivity (Wildman–Crippen MR) is 122 cm³/mol. The average Bonchev–Trinajstić information content (AvgIpc) is 2.84. The minimum atomic E-state index is -0.729. The molecule has 0 bridgehead atoms. The number of benzene rings is 2. The van der Waals surface area contributed by atoms with Gasteiger partial charge in [-0.1, -0.05) is 30.3 Å². The van der Waals surface area contributed by atoms with Gasteiger partial charge in [-0.3, -0.25) is 14.5 Å². The number of morpholine rings is 1. The number of carbonyl (C=O) groups is 2. The molecule has 2 amide bonds. The third kappa shape index (κ3) is 6.70. The third-order valence-corrected chi connectivity index (χ3v) is 5.37. The number of unbranched alkanes of at least 4 members (excludes halogenated alkanes) is 1. The van der Waals surface area contributed by atoms with E-state index in [-0.39, 0.29) is 6.10 Å². The molecule has 1 heterocycles. The third-order valence-electron chi connectivity index (χ3n) is 5.37. The lowest BCUT2D eigenvalue weighted by molar-refractivity contribution is -0.136. The van der Waals surface area contributed by atoms with Crippen LogP contribution in [0, 0.1) is 0 Å². The number of hydrogen-bond acceptors (Lipinski definition) is 6. The molecule has 8 heteroatoms. The van der Waals surface area contributed by atoms with Crippen LogP contribution >= 0.6 is 0 Å². The lowest BCUT2D eigenvalue weighted by Crippen LogP contribution is -2.39. The SMILES string of the molecule is COc1ccc(NC(=O)C(=O)NCCCCN2CCOC(c3ccccc3)C2)c(OC)c1. The molecule has 0 saturated carbocycles. The van der Waals surface area contributed by atoms with Crippen molar-refractivity contribution in [2.45, 2.75) is 18.9 Å². The molecule has 2 aromatic rings. The molecule has 0 aromatic heterocycles. The molecule has 8 nitrogen and oxygen atoms in total. The van der Waals surface area contributed by atoms with Crippen LogP contribution in [-0.2, 0) is 14.3 Å². The van der Waals surface area contributed by atoms with Crippen molar-refractivity contribution in [3.8, 4) is 11.5 Å². The summed E-state index contributed by atoms with van der Waals surface area (Å²) in [6, 6.07) is 15.2. The van der Waals surface area contributed by atoms with Crippen molar-refractivity contribution in [2.75, 3.05) is 52.3 Å². The van der Waals surface area contributed by atoms with Crippen LogP contribution in [0.4, 0.5) is 5.69 Å². The standard InChI is InChI=1S/C24H31N3O5/c1-30-19-10-11-20(21(16-19)31-2)26-24(29)23(28)25-12-6-7-13-27-14-15-32-22(17-27)18-8-4-3-5-9-18/h3-5,8-11,16,22H,6-7,12-15,17H2,1-2H3,(H,25,28)(H,26,29). The van der Waals surface area contributed by atoms with Gasteiger partial charge in [-0.15, -0.1) is 0 Å². The van der Waals surface area contributed by atoms with E-state index >= 15 is 0 Å². The van der Waals surface area contributed by atoms with Crippen molar-refractivity contribution in [2.24, 2.45) is 0 Å². The van der Waals surface area contributed by atoms with Gasteiger partial charge in [0, 0.05) is 25.7 Å². The largest absolute Gasteiger partial charge is 0.497 e. The van der Waals surface area contributed by atoms with E-state index in [1.54, 1.807) is 25.3 Å². The molecule has 1 fully saturated rings. The first kappa shape index (κ1) is 23.6. The second kappa shape index (κ2) is 12.1. The van der Waals surface area contributed by atoms with Crippen molar-refractivity contribution >= 4 is 17.5 Å². The molecule has 2 N–H and O–H groups in total. The van der Waals surface area contributed by atoms with E-state index in [9.17, 15) is 9.59 Å². The van der Waals surface area contributed by atoms with E-state index in [1.807, 2.05) is 18.2 Å². The Kier molecular flexibility index (Phi) is 8.89. The Morgan fingerprint density at radius 1 is 1.06 bits per heavy atom. The smallest absolute Gasteiger partial charge is 0.313 e. The zero-order valence-corrected chi connectivity index (χ0v) is 18.6. The second-order valence-corrected chi connectivity index (χ2v) is 7.55. The number of amides is 2. The molecular weight excluding hydrogens is 410 g/mol. The zero-order valence-electron chi connectivity index (χ0n) is 18.6. The summed E-state index contributed by atoms with van der Waals surface area (Å²) >= 11 is 0. The maximum absolute atomic E-state index is 12.2. The summed E-state index contributed by atoms with van der Waals surface area (Å²) in [4.78, 5) is 26.7. The molecule has 1 aliphatic rings. The Bertz CT molecular complexity index is 890. The van der Waals surface area contributed by atoms with Crippen LogP contribution in [-0.4, -0.2) is 63.7 Å². The van der Waals surface area contributed by atoms with Gasteiger partial charge < -0.3 is 24.8 Å². The number of anilines is 1. The predicted octanol–water partition coefficient (Wildman–Crippen LogP) is 2.61. The van der Waals surface area contributed by atoms with Gasteiger partial charge in [-0.05, 0) is 37.1 Å². The Balaban J connectivity index is 1.36. The summed E-state index contributed by atoms with van der Waals surface area (Å²) in [5.41, 5.74) is 1.61. The number of hydrogen-bond donors (Lipinski definition) is 2. The maximum Gasteiger partial charge on any atom is 0.313 e. The fourth-order valence-corrected chi connectivity index (χ4v) is 3.60. The summed E-state index contributed by atoms with van der Waals surface area (Å²) in [5, 5.41) is 5.25. The molecule has 2 aromatic carbocycles. The minimum absolute atomic E-state index is 0.100. The highest BCUT2D eigenvalue weighted by Gasteiger charge is 2.21. The Hall–Kier alpha value is -3.10. The van der Waals surface area contributed by atoms with Crippen molar-refractivity contribution in [1.29, 1.82) is 0 Å². The summed E-state index contributed by atoms with van der Waals surface area (Å²) < 4.78 is 16.3. The van der Waals surface area contributed by atoms with Crippen LogP contribution in [0.15, 0.2) is 48.5 Å². The lowest BCUT2D eigenvalue weighted by atomic mass is 10.1. The van der Waals surface area contributed by atoms with Crippen LogP contribution in [0.3, 0.4) is 0 Å². The number of nitrogens with zero attached hydrogens (tertiary/aromatic N) is 1. The quantitative estimate of drug-likeness (QED) is 0.459. The molecule has 1 atom stereocenters. The highest BCUT2D eigenvalue weighted by atomic mass is 16.5. The monoisotopic (exact) mass is 441 g/mol. The first-order chi connectivity index (χ1) is 15.6. The number of methoxy groups -OCH3 is 2. The van der Waals surface area contributed by atoms with Gasteiger partial charge in [-0.25, -0.2) is 0 Å². The Morgan fingerprint density at radius 3 is 2.62 bits per heavy atom. The van der Waals surface area contributed by atoms with Gasteiger partial charge in [0.15, 0.2) is 0 Å². The van der Waals surface area contributed by atoms with Crippen molar-refractivity contribution < 1.29 is 23.8 Å². The maximum atomic E-state index is 12.2. The van der Waals surface area contributed by atoms with E-state index in [0.29, 0.717) is 30.3 Å². The van der Waals surface area contributed by atoms with Crippen LogP contribution in [0.1, 0.15) is 24.5 Å². The summed E-state index contributed by atoms with van der Waals surface area (Å²) in [5.74, 6) is -0.379. The highest BCUT2D eigenvalue weighted by Crippen LogP contribution is 2.29.